The van der Waals surface area contributed by atoms with Crippen molar-refractivity contribution in [2.75, 3.05) is 4.90 Å². The molecular weight excluding hydrogens is 264 g/mol. The first kappa shape index (κ1) is 12.3. The molecule has 0 unspecified atom stereocenters. The standard InChI is InChI=1S/C17H16N2O2/c20-14-5-3-4-12(10-14)11-19(13-8-9-13)17-18-15-6-1-2-7-16(15)21-17/h1-7,10,13,20H,8-9,11H2. The van der Waals surface area contributed by atoms with Crippen LogP contribution in [0.1, 0.15) is 18.4 Å². The van der Waals surface area contributed by atoms with Gasteiger partial charge in [-0.1, -0.05) is 24.3 Å². The molecule has 2 aromatic carbocycles. The van der Waals surface area contributed by atoms with Crippen LogP contribution >= 0.6 is 0 Å². The first-order chi connectivity index (χ1) is 10.3. The molecular formula is C17H16N2O2. The van der Waals surface area contributed by atoms with E-state index < -0.39 is 0 Å². The fourth-order valence-electron chi connectivity index (χ4n) is 2.57. The van der Waals surface area contributed by atoms with E-state index in [2.05, 4.69) is 9.88 Å². The maximum absolute atomic E-state index is 9.61. The molecule has 1 saturated carbocycles. The minimum Gasteiger partial charge on any atom is -0.508 e. The zero-order valence-electron chi connectivity index (χ0n) is 11.6. The number of nitrogens with zero attached hydrogens (tertiary/aromatic N) is 2. The summed E-state index contributed by atoms with van der Waals surface area (Å²) in [5.74, 6) is 0.292. The number of anilines is 1. The molecule has 1 heterocycles. The molecule has 1 aromatic heterocycles. The predicted molar refractivity (Wildman–Crippen MR) is 81.3 cm³/mol. The van der Waals surface area contributed by atoms with Gasteiger partial charge < -0.3 is 14.4 Å². The van der Waals surface area contributed by atoms with Crippen LogP contribution in [-0.2, 0) is 6.54 Å². The molecule has 0 aliphatic heterocycles. The molecule has 0 atom stereocenters. The SMILES string of the molecule is Oc1cccc(CN(c2nc3ccccc3o2)C2CC2)c1. The molecule has 1 aliphatic carbocycles. The van der Waals surface area contributed by atoms with Crippen LogP contribution in [0, 0.1) is 0 Å². The highest BCUT2D eigenvalue weighted by atomic mass is 16.4. The summed E-state index contributed by atoms with van der Waals surface area (Å²) in [6.45, 7) is 0.700. The molecule has 4 rings (SSSR count). The first-order valence-electron chi connectivity index (χ1n) is 7.20. The monoisotopic (exact) mass is 280 g/mol. The predicted octanol–water partition coefficient (Wildman–Crippen LogP) is 3.70. The molecule has 3 aromatic rings. The molecule has 1 aliphatic rings. The lowest BCUT2D eigenvalue weighted by Gasteiger charge is -2.20. The van der Waals surface area contributed by atoms with Crippen LogP contribution in [0.25, 0.3) is 11.1 Å². The second-order valence-electron chi connectivity index (χ2n) is 5.49. The molecule has 0 spiro atoms. The second kappa shape index (κ2) is 4.81. The molecule has 4 heteroatoms. The zero-order valence-corrected chi connectivity index (χ0v) is 11.6. The number of benzene rings is 2. The Kier molecular flexibility index (Phi) is 2.81. The van der Waals surface area contributed by atoms with Crippen LogP contribution in [0.2, 0.25) is 0 Å². The van der Waals surface area contributed by atoms with E-state index in [4.69, 9.17) is 4.42 Å². The van der Waals surface area contributed by atoms with Crippen molar-refractivity contribution in [2.45, 2.75) is 25.4 Å². The lowest BCUT2D eigenvalue weighted by Crippen LogP contribution is -2.25. The normalized spacial score (nSPS) is 14.5. The van der Waals surface area contributed by atoms with Gasteiger partial charge in [-0.15, -0.1) is 0 Å². The van der Waals surface area contributed by atoms with E-state index in [1.807, 2.05) is 36.4 Å². The van der Waals surface area contributed by atoms with Crippen LogP contribution in [-0.4, -0.2) is 16.1 Å². The van der Waals surface area contributed by atoms with Crippen LogP contribution in [0.5, 0.6) is 5.75 Å². The number of aromatic hydroxyl groups is 1. The minimum atomic E-state index is 0.292. The van der Waals surface area contributed by atoms with Gasteiger partial charge in [0.15, 0.2) is 5.58 Å². The molecule has 0 radical (unpaired) electrons. The number of para-hydroxylation sites is 2. The number of aromatic nitrogens is 1. The van der Waals surface area contributed by atoms with E-state index in [1.54, 1.807) is 12.1 Å². The van der Waals surface area contributed by atoms with Gasteiger partial charge in [0.25, 0.3) is 6.01 Å². The number of rotatable bonds is 4. The lowest BCUT2D eigenvalue weighted by molar-refractivity contribution is 0.474. The summed E-state index contributed by atoms with van der Waals surface area (Å²) in [7, 11) is 0. The molecule has 1 fully saturated rings. The Morgan fingerprint density at radius 3 is 2.76 bits per heavy atom. The third-order valence-electron chi connectivity index (χ3n) is 3.78. The van der Waals surface area contributed by atoms with Gasteiger partial charge in [0.1, 0.15) is 11.3 Å². The molecule has 1 N–H and O–H groups in total. The summed E-state index contributed by atoms with van der Waals surface area (Å²) in [5.41, 5.74) is 2.76. The summed E-state index contributed by atoms with van der Waals surface area (Å²) >= 11 is 0. The van der Waals surface area contributed by atoms with E-state index in [0.717, 1.165) is 29.5 Å². The third kappa shape index (κ3) is 2.44. The Hall–Kier alpha value is -2.49. The van der Waals surface area contributed by atoms with Gasteiger partial charge in [0, 0.05) is 12.6 Å². The van der Waals surface area contributed by atoms with Crippen molar-refractivity contribution in [1.29, 1.82) is 0 Å². The van der Waals surface area contributed by atoms with Crippen molar-refractivity contribution < 1.29 is 9.52 Å². The van der Waals surface area contributed by atoms with Crippen LogP contribution < -0.4 is 4.90 Å². The molecule has 0 bridgehead atoms. The molecule has 0 amide bonds. The van der Waals surface area contributed by atoms with Crippen molar-refractivity contribution in [3.8, 4) is 5.75 Å². The largest absolute Gasteiger partial charge is 0.508 e. The second-order valence-corrected chi connectivity index (χ2v) is 5.49. The Labute approximate surface area is 122 Å². The van der Waals surface area contributed by atoms with E-state index in [-0.39, 0.29) is 0 Å². The van der Waals surface area contributed by atoms with E-state index in [0.29, 0.717) is 24.4 Å². The van der Waals surface area contributed by atoms with Crippen molar-refractivity contribution >= 4 is 17.1 Å². The maximum Gasteiger partial charge on any atom is 0.298 e. The highest BCUT2D eigenvalue weighted by Gasteiger charge is 2.32. The number of hydrogen-bond acceptors (Lipinski definition) is 4. The van der Waals surface area contributed by atoms with Gasteiger partial charge in [-0.3, -0.25) is 0 Å². The zero-order chi connectivity index (χ0) is 14.2. The molecule has 21 heavy (non-hydrogen) atoms. The fourth-order valence-corrected chi connectivity index (χ4v) is 2.57. The van der Waals surface area contributed by atoms with Crippen LogP contribution in [0.15, 0.2) is 52.9 Å². The topological polar surface area (TPSA) is 49.5 Å². The first-order valence-corrected chi connectivity index (χ1v) is 7.20. The van der Waals surface area contributed by atoms with Crippen molar-refractivity contribution in [3.05, 3.63) is 54.1 Å². The highest BCUT2D eigenvalue weighted by molar-refractivity contribution is 5.74. The maximum atomic E-state index is 9.61. The Balaban J connectivity index is 1.68. The number of oxazole rings is 1. The number of hydrogen-bond donors (Lipinski definition) is 1. The van der Waals surface area contributed by atoms with Gasteiger partial charge in [0.2, 0.25) is 0 Å². The molecule has 106 valence electrons. The Morgan fingerprint density at radius 1 is 1.14 bits per heavy atom. The summed E-state index contributed by atoms with van der Waals surface area (Å²) in [5, 5.41) is 9.61. The smallest absolute Gasteiger partial charge is 0.298 e. The summed E-state index contributed by atoms with van der Waals surface area (Å²) in [4.78, 5) is 6.78. The quantitative estimate of drug-likeness (QED) is 0.791. The average molecular weight is 280 g/mol. The van der Waals surface area contributed by atoms with Crippen molar-refractivity contribution in [2.24, 2.45) is 0 Å². The average Bonchev–Trinajstić information content (AvgIpc) is 3.23. The summed E-state index contributed by atoms with van der Waals surface area (Å²) in [6, 6.07) is 16.3. The van der Waals surface area contributed by atoms with E-state index >= 15 is 0 Å². The summed E-state index contributed by atoms with van der Waals surface area (Å²) < 4.78 is 5.89. The third-order valence-corrected chi connectivity index (χ3v) is 3.78. The highest BCUT2D eigenvalue weighted by Crippen LogP contribution is 2.34. The molecule has 4 nitrogen and oxygen atoms in total. The van der Waals surface area contributed by atoms with Gasteiger partial charge in [-0.2, -0.15) is 4.98 Å². The fraction of sp³-hybridized carbons (Fsp3) is 0.235. The number of fused-ring (bicyclic) bond motifs is 1. The number of phenols is 1. The molecule has 0 saturated heterocycles. The summed E-state index contributed by atoms with van der Waals surface area (Å²) in [6.07, 6.45) is 2.33. The van der Waals surface area contributed by atoms with Gasteiger partial charge in [-0.25, -0.2) is 0 Å². The Bertz CT molecular complexity index is 744. The van der Waals surface area contributed by atoms with Gasteiger partial charge in [0.05, 0.1) is 0 Å². The van der Waals surface area contributed by atoms with E-state index in [9.17, 15) is 5.11 Å². The van der Waals surface area contributed by atoms with E-state index in [1.165, 1.54) is 0 Å². The minimum absolute atomic E-state index is 0.292. The van der Waals surface area contributed by atoms with Gasteiger partial charge in [-0.05, 0) is 42.7 Å². The van der Waals surface area contributed by atoms with Crippen molar-refractivity contribution in [1.82, 2.24) is 4.98 Å². The number of phenolic OH excluding ortho intramolecular Hbond substituents is 1. The van der Waals surface area contributed by atoms with Crippen molar-refractivity contribution in [3.63, 3.8) is 0 Å². The van der Waals surface area contributed by atoms with Crippen LogP contribution in [0.4, 0.5) is 6.01 Å². The lowest BCUT2D eigenvalue weighted by atomic mass is 10.2. The van der Waals surface area contributed by atoms with Crippen LogP contribution in [0.3, 0.4) is 0 Å². The Morgan fingerprint density at radius 2 is 2.00 bits per heavy atom. The van der Waals surface area contributed by atoms with Gasteiger partial charge >= 0.3 is 0 Å².